The summed E-state index contributed by atoms with van der Waals surface area (Å²) in [6, 6.07) is 10.4. The van der Waals surface area contributed by atoms with E-state index in [1.165, 1.54) is 0 Å². The Labute approximate surface area is 121 Å². The second-order valence-electron chi connectivity index (χ2n) is 5.80. The number of aliphatic hydroxyl groups excluding tert-OH is 2. The van der Waals surface area contributed by atoms with Crippen LogP contribution in [0.15, 0.2) is 42.5 Å². The predicted molar refractivity (Wildman–Crippen MR) is 81.4 cm³/mol. The van der Waals surface area contributed by atoms with Crippen LogP contribution in [0.3, 0.4) is 0 Å². The maximum absolute atomic E-state index is 10.3. The van der Waals surface area contributed by atoms with E-state index < -0.39 is 6.10 Å². The third-order valence-electron chi connectivity index (χ3n) is 4.13. The van der Waals surface area contributed by atoms with Crippen LogP contribution in [0.4, 0.5) is 0 Å². The average molecular weight is 275 g/mol. The lowest BCUT2D eigenvalue weighted by atomic mass is 9.94. The first-order chi connectivity index (χ1) is 9.58. The van der Waals surface area contributed by atoms with Gasteiger partial charge in [-0.05, 0) is 38.8 Å². The van der Waals surface area contributed by atoms with E-state index >= 15 is 0 Å². The van der Waals surface area contributed by atoms with E-state index in [4.69, 9.17) is 0 Å². The lowest BCUT2D eigenvalue weighted by molar-refractivity contribution is 0.0795. The molecule has 2 rings (SSSR count). The number of aliphatic hydroxyl groups is 2. The molecule has 0 bridgehead atoms. The van der Waals surface area contributed by atoms with Gasteiger partial charge in [0.05, 0.1) is 12.2 Å². The Balaban J connectivity index is 1.98. The van der Waals surface area contributed by atoms with Crippen molar-refractivity contribution in [3.8, 4) is 0 Å². The predicted octanol–water partition coefficient (Wildman–Crippen LogP) is 2.51. The summed E-state index contributed by atoms with van der Waals surface area (Å²) in [6.07, 6.45) is 6.05. The zero-order chi connectivity index (χ0) is 14.5. The van der Waals surface area contributed by atoms with Gasteiger partial charge in [-0.15, -0.1) is 0 Å². The first-order valence-electron chi connectivity index (χ1n) is 7.37. The van der Waals surface area contributed by atoms with E-state index in [9.17, 15) is 10.2 Å². The summed E-state index contributed by atoms with van der Waals surface area (Å²) in [7, 11) is 2.08. The van der Waals surface area contributed by atoms with Crippen LogP contribution in [0.2, 0.25) is 0 Å². The summed E-state index contributed by atoms with van der Waals surface area (Å²) < 4.78 is 0. The molecule has 0 saturated carbocycles. The summed E-state index contributed by atoms with van der Waals surface area (Å²) in [5.74, 6) is 0. The Hall–Kier alpha value is -1.16. The van der Waals surface area contributed by atoms with Gasteiger partial charge < -0.3 is 10.2 Å². The van der Waals surface area contributed by atoms with Crippen molar-refractivity contribution in [2.24, 2.45) is 0 Å². The molecule has 0 spiro atoms. The van der Waals surface area contributed by atoms with Crippen LogP contribution in [0, 0.1) is 0 Å². The van der Waals surface area contributed by atoms with Crippen molar-refractivity contribution in [2.75, 3.05) is 7.05 Å². The van der Waals surface area contributed by atoms with Gasteiger partial charge in [-0.25, -0.2) is 0 Å². The standard InChI is InChI=1S/C17H25NO2/c1-13(19)11-15-9-6-10-16(18(15)2)12-17(20)14-7-4-3-5-8-14/h3-8,10,13,15-17,19-20H,9,11-12H2,1-2H3/t13-,15-,16-,17-/m0/s1. The third kappa shape index (κ3) is 3.92. The first kappa shape index (κ1) is 15.2. The molecule has 0 saturated heterocycles. The molecule has 110 valence electrons. The molecule has 1 heterocycles. The molecule has 0 aromatic heterocycles. The molecule has 2 N–H and O–H groups in total. The zero-order valence-corrected chi connectivity index (χ0v) is 12.3. The number of likely N-dealkylation sites (N-methyl/N-ethyl adjacent to an activating group) is 1. The Morgan fingerprint density at radius 2 is 1.90 bits per heavy atom. The summed E-state index contributed by atoms with van der Waals surface area (Å²) in [5, 5.41) is 19.9. The molecule has 3 heteroatoms. The molecule has 4 atom stereocenters. The fourth-order valence-corrected chi connectivity index (χ4v) is 2.91. The summed E-state index contributed by atoms with van der Waals surface area (Å²) in [5.41, 5.74) is 0.965. The number of nitrogens with zero attached hydrogens (tertiary/aromatic N) is 1. The quantitative estimate of drug-likeness (QED) is 0.812. The maximum Gasteiger partial charge on any atom is 0.0808 e. The Morgan fingerprint density at radius 3 is 2.55 bits per heavy atom. The van der Waals surface area contributed by atoms with Gasteiger partial charge in [0.15, 0.2) is 0 Å². The van der Waals surface area contributed by atoms with Crippen molar-refractivity contribution in [3.63, 3.8) is 0 Å². The second-order valence-corrected chi connectivity index (χ2v) is 5.80. The fourth-order valence-electron chi connectivity index (χ4n) is 2.91. The fraction of sp³-hybridized carbons (Fsp3) is 0.529. The van der Waals surface area contributed by atoms with Crippen LogP contribution in [0.5, 0.6) is 0 Å². The smallest absolute Gasteiger partial charge is 0.0808 e. The molecule has 0 unspecified atom stereocenters. The van der Waals surface area contributed by atoms with Gasteiger partial charge in [0.2, 0.25) is 0 Å². The molecule has 1 aromatic rings. The van der Waals surface area contributed by atoms with Gasteiger partial charge in [0.25, 0.3) is 0 Å². The van der Waals surface area contributed by atoms with Crippen molar-refractivity contribution in [3.05, 3.63) is 48.0 Å². The molecule has 1 aromatic carbocycles. The number of rotatable bonds is 5. The topological polar surface area (TPSA) is 43.7 Å². The van der Waals surface area contributed by atoms with Crippen molar-refractivity contribution >= 4 is 0 Å². The third-order valence-corrected chi connectivity index (χ3v) is 4.13. The van der Waals surface area contributed by atoms with Gasteiger partial charge in [0.1, 0.15) is 0 Å². The molecule has 0 radical (unpaired) electrons. The number of benzene rings is 1. The van der Waals surface area contributed by atoms with E-state index in [0.717, 1.165) is 18.4 Å². The average Bonchev–Trinajstić information content (AvgIpc) is 2.43. The normalized spacial score (nSPS) is 26.4. The van der Waals surface area contributed by atoms with Crippen LogP contribution in [-0.2, 0) is 0 Å². The monoisotopic (exact) mass is 275 g/mol. The van der Waals surface area contributed by atoms with Crippen LogP contribution in [0.1, 0.15) is 37.9 Å². The van der Waals surface area contributed by atoms with Crippen LogP contribution >= 0.6 is 0 Å². The van der Waals surface area contributed by atoms with Crippen LogP contribution < -0.4 is 0 Å². The highest BCUT2D eigenvalue weighted by atomic mass is 16.3. The highest BCUT2D eigenvalue weighted by Crippen LogP contribution is 2.26. The molecule has 20 heavy (non-hydrogen) atoms. The molecule has 1 aliphatic rings. The Morgan fingerprint density at radius 1 is 1.20 bits per heavy atom. The SMILES string of the molecule is C[C@H](O)C[C@@H]1CC=C[C@@H](C[C@H](O)c2ccccc2)N1C. The highest BCUT2D eigenvalue weighted by molar-refractivity contribution is 5.18. The van der Waals surface area contributed by atoms with Crippen LogP contribution in [-0.4, -0.2) is 40.3 Å². The number of hydrogen-bond acceptors (Lipinski definition) is 3. The van der Waals surface area contributed by atoms with Gasteiger partial charge in [0, 0.05) is 12.1 Å². The van der Waals surface area contributed by atoms with Crippen molar-refractivity contribution in [2.45, 2.75) is 50.5 Å². The van der Waals surface area contributed by atoms with E-state index in [1.807, 2.05) is 37.3 Å². The van der Waals surface area contributed by atoms with Crippen molar-refractivity contribution in [1.29, 1.82) is 0 Å². The van der Waals surface area contributed by atoms with Gasteiger partial charge >= 0.3 is 0 Å². The Kier molecular flexibility index (Phi) is 5.35. The van der Waals surface area contributed by atoms with E-state index in [-0.39, 0.29) is 12.1 Å². The van der Waals surface area contributed by atoms with Crippen LogP contribution in [0.25, 0.3) is 0 Å². The molecule has 3 nitrogen and oxygen atoms in total. The molecular formula is C17H25NO2. The van der Waals surface area contributed by atoms with E-state index in [1.54, 1.807) is 0 Å². The van der Waals surface area contributed by atoms with Crippen molar-refractivity contribution in [1.82, 2.24) is 4.90 Å². The summed E-state index contributed by atoms with van der Waals surface area (Å²) in [4.78, 5) is 2.28. The van der Waals surface area contributed by atoms with E-state index in [0.29, 0.717) is 12.5 Å². The maximum atomic E-state index is 10.3. The molecule has 0 aliphatic carbocycles. The molecule has 1 aliphatic heterocycles. The minimum Gasteiger partial charge on any atom is -0.393 e. The lowest BCUT2D eigenvalue weighted by Crippen LogP contribution is -2.43. The first-order valence-corrected chi connectivity index (χ1v) is 7.37. The van der Waals surface area contributed by atoms with Gasteiger partial charge in [-0.3, -0.25) is 4.90 Å². The van der Waals surface area contributed by atoms with Gasteiger partial charge in [-0.2, -0.15) is 0 Å². The lowest BCUT2D eigenvalue weighted by Gasteiger charge is -2.37. The van der Waals surface area contributed by atoms with Gasteiger partial charge in [-0.1, -0.05) is 42.5 Å². The van der Waals surface area contributed by atoms with E-state index in [2.05, 4.69) is 24.1 Å². The summed E-state index contributed by atoms with van der Waals surface area (Å²) >= 11 is 0. The minimum atomic E-state index is -0.446. The number of hydrogen-bond donors (Lipinski definition) is 2. The summed E-state index contributed by atoms with van der Waals surface area (Å²) in [6.45, 7) is 1.83. The molecule has 0 amide bonds. The molecular weight excluding hydrogens is 250 g/mol. The second kappa shape index (κ2) is 7.02. The highest BCUT2D eigenvalue weighted by Gasteiger charge is 2.26. The largest absolute Gasteiger partial charge is 0.393 e. The zero-order valence-electron chi connectivity index (χ0n) is 12.3. The molecule has 0 fully saturated rings. The van der Waals surface area contributed by atoms with Crippen molar-refractivity contribution < 1.29 is 10.2 Å². The minimum absolute atomic E-state index is 0.225. The Bertz CT molecular complexity index is 430.